The summed E-state index contributed by atoms with van der Waals surface area (Å²) in [6, 6.07) is 7.15. The highest BCUT2D eigenvalue weighted by molar-refractivity contribution is 5.86. The van der Waals surface area contributed by atoms with Crippen molar-refractivity contribution in [3.8, 4) is 0 Å². The smallest absolute Gasteiger partial charge is 0.230 e. The number of carbonyl (C=O) groups excluding carboxylic acids is 1. The molecule has 1 aliphatic carbocycles. The lowest BCUT2D eigenvalue weighted by molar-refractivity contribution is -0.139. The molecule has 1 atom stereocenters. The van der Waals surface area contributed by atoms with Crippen LogP contribution in [0.25, 0.3) is 0 Å². The van der Waals surface area contributed by atoms with Crippen molar-refractivity contribution in [2.24, 2.45) is 5.41 Å². The second kappa shape index (κ2) is 6.60. The van der Waals surface area contributed by atoms with Crippen LogP contribution in [0.1, 0.15) is 44.9 Å². The summed E-state index contributed by atoms with van der Waals surface area (Å²) in [5.74, 6) is 0.0537. The first-order valence-electron chi connectivity index (χ1n) is 9.58. The van der Waals surface area contributed by atoms with Crippen LogP contribution >= 0.6 is 0 Å². The van der Waals surface area contributed by atoms with Gasteiger partial charge in [-0.3, -0.25) is 4.79 Å². The summed E-state index contributed by atoms with van der Waals surface area (Å²) in [6.45, 7) is 2.24. The van der Waals surface area contributed by atoms with Crippen LogP contribution in [0.3, 0.4) is 0 Å². The molecule has 1 spiro atoms. The molecule has 0 aromatic heterocycles. The molecular formula is C20H27FN2O2. The van der Waals surface area contributed by atoms with E-state index in [1.54, 1.807) is 6.07 Å². The van der Waals surface area contributed by atoms with E-state index in [-0.39, 0.29) is 29.3 Å². The van der Waals surface area contributed by atoms with E-state index in [0.29, 0.717) is 12.2 Å². The zero-order chi connectivity index (χ0) is 17.4. The van der Waals surface area contributed by atoms with E-state index in [4.69, 9.17) is 0 Å². The lowest BCUT2D eigenvalue weighted by Crippen LogP contribution is -2.50. The van der Waals surface area contributed by atoms with Gasteiger partial charge in [0.05, 0.1) is 17.2 Å². The van der Waals surface area contributed by atoms with Gasteiger partial charge in [-0.15, -0.1) is 0 Å². The number of para-hydroxylation sites is 1. The molecule has 1 unspecified atom stereocenters. The van der Waals surface area contributed by atoms with E-state index in [2.05, 4.69) is 9.80 Å². The highest BCUT2D eigenvalue weighted by atomic mass is 19.1. The van der Waals surface area contributed by atoms with Gasteiger partial charge in [0.2, 0.25) is 5.91 Å². The molecule has 136 valence electrons. The standard InChI is InChI=1S/C20H27FN2O2/c21-17-4-1-2-5-18(17)22-12-3-10-20(14-22)11-13-23(19(20)25)15-6-8-16(24)9-7-15/h1-2,4-5,15-16,24H,3,6-14H2. The molecule has 1 aromatic carbocycles. The van der Waals surface area contributed by atoms with Crippen LogP contribution in [0.4, 0.5) is 10.1 Å². The fourth-order valence-corrected chi connectivity index (χ4v) is 4.99. The molecule has 2 saturated heterocycles. The molecule has 2 aliphatic heterocycles. The summed E-state index contributed by atoms with van der Waals surface area (Å²) in [6.07, 6.45) is 5.90. The Hall–Kier alpha value is -1.62. The minimum atomic E-state index is -0.351. The van der Waals surface area contributed by atoms with Crippen molar-refractivity contribution in [2.45, 2.75) is 57.1 Å². The highest BCUT2D eigenvalue weighted by Gasteiger charge is 2.50. The normalized spacial score (nSPS) is 33.3. The number of hydrogen-bond acceptors (Lipinski definition) is 3. The van der Waals surface area contributed by atoms with Crippen LogP contribution in [0.5, 0.6) is 0 Å². The van der Waals surface area contributed by atoms with E-state index < -0.39 is 0 Å². The summed E-state index contributed by atoms with van der Waals surface area (Å²) in [5, 5.41) is 9.72. The van der Waals surface area contributed by atoms with E-state index in [1.165, 1.54) is 6.07 Å². The van der Waals surface area contributed by atoms with Crippen molar-refractivity contribution in [3.05, 3.63) is 30.1 Å². The molecule has 1 amide bonds. The molecule has 0 bridgehead atoms. The fraction of sp³-hybridized carbons (Fsp3) is 0.650. The molecule has 3 fully saturated rings. The largest absolute Gasteiger partial charge is 0.393 e. The second-order valence-electron chi connectivity index (χ2n) is 7.97. The van der Waals surface area contributed by atoms with Crippen molar-refractivity contribution in [2.75, 3.05) is 24.5 Å². The maximum atomic E-state index is 14.2. The molecule has 25 heavy (non-hydrogen) atoms. The molecule has 0 radical (unpaired) electrons. The van der Waals surface area contributed by atoms with Crippen molar-refractivity contribution >= 4 is 11.6 Å². The summed E-state index contributed by atoms with van der Waals surface area (Å²) in [4.78, 5) is 17.4. The molecule has 2 heterocycles. The number of aliphatic hydroxyl groups excluding tert-OH is 1. The molecular weight excluding hydrogens is 319 g/mol. The minimum Gasteiger partial charge on any atom is -0.393 e. The Balaban J connectivity index is 1.50. The number of anilines is 1. The van der Waals surface area contributed by atoms with E-state index in [9.17, 15) is 14.3 Å². The van der Waals surface area contributed by atoms with Crippen molar-refractivity contribution in [1.29, 1.82) is 0 Å². The van der Waals surface area contributed by atoms with Crippen LogP contribution in [-0.2, 0) is 4.79 Å². The zero-order valence-electron chi connectivity index (χ0n) is 14.7. The Bertz CT molecular complexity index is 644. The Morgan fingerprint density at radius 2 is 1.84 bits per heavy atom. The van der Waals surface area contributed by atoms with Gasteiger partial charge < -0.3 is 14.9 Å². The number of piperidine rings is 1. The van der Waals surface area contributed by atoms with Gasteiger partial charge in [0.1, 0.15) is 5.82 Å². The SMILES string of the molecule is O=C1N(C2CCC(O)CC2)CCC12CCCN(c1ccccc1F)C2. The average Bonchev–Trinajstić information content (AvgIpc) is 2.92. The maximum absolute atomic E-state index is 14.2. The van der Waals surface area contributed by atoms with Crippen LogP contribution in [-0.4, -0.2) is 47.7 Å². The van der Waals surface area contributed by atoms with Crippen LogP contribution in [0, 0.1) is 11.2 Å². The molecule has 5 heteroatoms. The molecule has 1 aromatic rings. The third-order valence-corrected chi connectivity index (χ3v) is 6.42. The first kappa shape index (κ1) is 16.8. The molecule has 4 rings (SSSR count). The molecule has 3 aliphatic rings. The first-order valence-corrected chi connectivity index (χ1v) is 9.58. The van der Waals surface area contributed by atoms with Crippen molar-refractivity contribution in [3.63, 3.8) is 0 Å². The van der Waals surface area contributed by atoms with E-state index >= 15 is 0 Å². The highest BCUT2D eigenvalue weighted by Crippen LogP contribution is 2.43. The van der Waals surface area contributed by atoms with Crippen molar-refractivity contribution in [1.82, 2.24) is 4.90 Å². The predicted molar refractivity (Wildman–Crippen MR) is 94.9 cm³/mol. The zero-order valence-corrected chi connectivity index (χ0v) is 14.7. The van der Waals surface area contributed by atoms with Crippen LogP contribution < -0.4 is 4.90 Å². The van der Waals surface area contributed by atoms with Gasteiger partial charge in [-0.2, -0.15) is 0 Å². The Kier molecular flexibility index (Phi) is 4.44. The molecule has 4 nitrogen and oxygen atoms in total. The number of likely N-dealkylation sites (tertiary alicyclic amines) is 1. The lowest BCUT2D eigenvalue weighted by atomic mass is 9.78. The van der Waals surface area contributed by atoms with Gasteiger partial charge in [0.15, 0.2) is 0 Å². The Morgan fingerprint density at radius 3 is 2.60 bits per heavy atom. The topological polar surface area (TPSA) is 43.8 Å². The summed E-state index contributed by atoms with van der Waals surface area (Å²) < 4.78 is 14.2. The fourth-order valence-electron chi connectivity index (χ4n) is 4.99. The number of nitrogens with zero attached hydrogens (tertiary/aromatic N) is 2. The number of hydrogen-bond donors (Lipinski definition) is 1. The molecule has 1 saturated carbocycles. The van der Waals surface area contributed by atoms with Crippen LogP contribution in [0.2, 0.25) is 0 Å². The minimum absolute atomic E-state index is 0.200. The third kappa shape index (κ3) is 3.03. The number of amides is 1. The van der Waals surface area contributed by atoms with Gasteiger partial charge in [-0.25, -0.2) is 4.39 Å². The first-order chi connectivity index (χ1) is 12.1. The van der Waals surface area contributed by atoms with E-state index in [1.807, 2.05) is 12.1 Å². The van der Waals surface area contributed by atoms with Gasteiger partial charge in [0.25, 0.3) is 0 Å². The monoisotopic (exact) mass is 346 g/mol. The average molecular weight is 346 g/mol. The van der Waals surface area contributed by atoms with Gasteiger partial charge in [0, 0.05) is 25.7 Å². The number of halogens is 1. The van der Waals surface area contributed by atoms with Crippen LogP contribution in [0.15, 0.2) is 24.3 Å². The predicted octanol–water partition coefficient (Wildman–Crippen LogP) is 2.95. The summed E-state index contributed by atoms with van der Waals surface area (Å²) in [7, 11) is 0. The number of aliphatic hydroxyl groups is 1. The third-order valence-electron chi connectivity index (χ3n) is 6.42. The number of carbonyl (C=O) groups is 1. The second-order valence-corrected chi connectivity index (χ2v) is 7.97. The Morgan fingerprint density at radius 1 is 1.08 bits per heavy atom. The Labute approximate surface area is 148 Å². The van der Waals surface area contributed by atoms with Gasteiger partial charge in [-0.1, -0.05) is 12.1 Å². The van der Waals surface area contributed by atoms with E-state index in [0.717, 1.165) is 58.0 Å². The quantitative estimate of drug-likeness (QED) is 0.895. The molecule has 1 N–H and O–H groups in total. The maximum Gasteiger partial charge on any atom is 0.230 e. The summed E-state index contributed by atoms with van der Waals surface area (Å²) in [5.41, 5.74) is 0.268. The van der Waals surface area contributed by atoms with Gasteiger partial charge in [-0.05, 0) is 57.1 Å². The van der Waals surface area contributed by atoms with Crippen molar-refractivity contribution < 1.29 is 14.3 Å². The summed E-state index contributed by atoms with van der Waals surface area (Å²) >= 11 is 0. The number of benzene rings is 1. The van der Waals surface area contributed by atoms with Gasteiger partial charge >= 0.3 is 0 Å². The lowest BCUT2D eigenvalue weighted by Gasteiger charge is -2.41. The number of rotatable bonds is 2.